The smallest absolute Gasteiger partial charge is 0.260 e. The summed E-state index contributed by atoms with van der Waals surface area (Å²) in [4.78, 5) is 14.7. The van der Waals surface area contributed by atoms with Crippen molar-refractivity contribution in [2.75, 3.05) is 19.6 Å². The Morgan fingerprint density at radius 1 is 1.21 bits per heavy atom. The van der Waals surface area contributed by atoms with E-state index in [1.165, 1.54) is 23.3 Å². The Hall–Kier alpha value is -2.40. The van der Waals surface area contributed by atoms with E-state index < -0.39 is 6.10 Å². The monoisotopic (exact) mass is 384 g/mol. The Labute approximate surface area is 166 Å². The Morgan fingerprint density at radius 3 is 2.61 bits per heavy atom. The van der Waals surface area contributed by atoms with Gasteiger partial charge in [0.05, 0.1) is 0 Å². The summed E-state index contributed by atoms with van der Waals surface area (Å²) in [7, 11) is 0. The minimum Gasteiger partial charge on any atom is -0.481 e. The summed E-state index contributed by atoms with van der Waals surface area (Å²) >= 11 is 0. The van der Waals surface area contributed by atoms with E-state index in [4.69, 9.17) is 4.74 Å². The molecule has 2 aromatic rings. The molecule has 1 saturated heterocycles. The fourth-order valence-electron chi connectivity index (χ4n) is 3.49. The number of carbonyl (C=O) groups excluding carboxylic acids is 1. The zero-order valence-electron chi connectivity index (χ0n) is 16.7. The van der Waals surface area contributed by atoms with Crippen molar-refractivity contribution in [2.45, 2.75) is 39.3 Å². The van der Waals surface area contributed by atoms with Gasteiger partial charge in [0.25, 0.3) is 5.91 Å². The van der Waals surface area contributed by atoms with Crippen molar-refractivity contribution in [1.29, 1.82) is 0 Å². The van der Waals surface area contributed by atoms with E-state index in [9.17, 15) is 9.18 Å². The van der Waals surface area contributed by atoms with Crippen LogP contribution < -0.4 is 10.1 Å². The highest BCUT2D eigenvalue weighted by Gasteiger charge is 2.21. The van der Waals surface area contributed by atoms with Gasteiger partial charge in [-0.3, -0.25) is 9.69 Å². The Bertz CT molecular complexity index is 770. The summed E-state index contributed by atoms with van der Waals surface area (Å²) in [5.41, 5.74) is 2.63. The van der Waals surface area contributed by atoms with Crippen LogP contribution in [-0.4, -0.2) is 36.5 Å². The molecule has 0 radical (unpaired) electrons. The normalized spacial score (nSPS) is 16.5. The third-order valence-corrected chi connectivity index (χ3v) is 5.28. The summed E-state index contributed by atoms with van der Waals surface area (Å²) < 4.78 is 18.7. The lowest BCUT2D eigenvalue weighted by molar-refractivity contribution is -0.127. The van der Waals surface area contributed by atoms with Crippen LogP contribution in [-0.2, 0) is 11.3 Å². The molecule has 0 spiro atoms. The van der Waals surface area contributed by atoms with E-state index in [0.717, 1.165) is 32.5 Å². The molecule has 0 aliphatic carbocycles. The van der Waals surface area contributed by atoms with Gasteiger partial charge in [0, 0.05) is 19.2 Å². The van der Waals surface area contributed by atoms with Crippen LogP contribution >= 0.6 is 0 Å². The predicted molar refractivity (Wildman–Crippen MR) is 109 cm³/mol. The van der Waals surface area contributed by atoms with Gasteiger partial charge in [-0.25, -0.2) is 4.39 Å². The van der Waals surface area contributed by atoms with Crippen LogP contribution in [0.2, 0.25) is 0 Å². The number of ether oxygens (including phenoxy) is 1. The Kier molecular flexibility index (Phi) is 7.04. The number of piperidine rings is 1. The number of carbonyl (C=O) groups is 1. The number of benzene rings is 2. The lowest BCUT2D eigenvalue weighted by Crippen LogP contribution is -2.42. The van der Waals surface area contributed by atoms with Gasteiger partial charge in [0.2, 0.25) is 0 Å². The maximum Gasteiger partial charge on any atom is 0.260 e. The second-order valence-corrected chi connectivity index (χ2v) is 7.67. The maximum absolute atomic E-state index is 13.2. The second-order valence-electron chi connectivity index (χ2n) is 7.67. The number of halogens is 1. The van der Waals surface area contributed by atoms with E-state index in [0.29, 0.717) is 18.2 Å². The third kappa shape index (κ3) is 6.06. The number of aryl methyl sites for hydroxylation is 1. The molecule has 4 nitrogen and oxygen atoms in total. The zero-order valence-corrected chi connectivity index (χ0v) is 16.7. The summed E-state index contributed by atoms with van der Waals surface area (Å²) in [5.74, 6) is 0.320. The number of nitrogens with zero attached hydrogens (tertiary/aromatic N) is 1. The average molecular weight is 384 g/mol. The first-order valence-electron chi connectivity index (χ1n) is 9.97. The molecule has 1 amide bonds. The molecule has 1 atom stereocenters. The molecule has 1 aliphatic rings. The van der Waals surface area contributed by atoms with Crippen LogP contribution in [0.15, 0.2) is 48.5 Å². The van der Waals surface area contributed by atoms with E-state index in [2.05, 4.69) is 41.4 Å². The molecular weight excluding hydrogens is 355 g/mol. The average Bonchev–Trinajstić information content (AvgIpc) is 2.69. The van der Waals surface area contributed by atoms with Crippen molar-refractivity contribution >= 4 is 5.91 Å². The van der Waals surface area contributed by atoms with E-state index in [1.54, 1.807) is 19.1 Å². The molecule has 1 fully saturated rings. The lowest BCUT2D eigenvalue weighted by atomic mass is 9.96. The first kappa shape index (κ1) is 20.3. The molecule has 150 valence electrons. The SMILES string of the molecule is Cc1ccc(CN2CCC(CNC(=O)C(C)Oc3cccc(F)c3)CC2)cc1. The molecule has 28 heavy (non-hydrogen) atoms. The molecule has 3 rings (SSSR count). The van der Waals surface area contributed by atoms with Gasteiger partial charge in [-0.1, -0.05) is 35.9 Å². The van der Waals surface area contributed by atoms with Crippen molar-refractivity contribution in [1.82, 2.24) is 10.2 Å². The van der Waals surface area contributed by atoms with Crippen molar-refractivity contribution < 1.29 is 13.9 Å². The molecule has 2 aromatic carbocycles. The minimum atomic E-state index is -0.650. The highest BCUT2D eigenvalue weighted by Crippen LogP contribution is 2.19. The molecule has 1 N–H and O–H groups in total. The molecule has 5 heteroatoms. The number of nitrogens with one attached hydrogen (secondary N) is 1. The fraction of sp³-hybridized carbons (Fsp3) is 0.435. The summed E-state index contributed by atoms with van der Waals surface area (Å²) in [6.45, 7) is 7.53. The molecule has 1 unspecified atom stereocenters. The van der Waals surface area contributed by atoms with Gasteiger partial charge in [-0.15, -0.1) is 0 Å². The van der Waals surface area contributed by atoms with Crippen molar-refractivity contribution in [2.24, 2.45) is 5.92 Å². The zero-order chi connectivity index (χ0) is 19.9. The van der Waals surface area contributed by atoms with Gasteiger partial charge in [-0.05, 0) is 63.4 Å². The van der Waals surface area contributed by atoms with Gasteiger partial charge in [0.1, 0.15) is 11.6 Å². The molecule has 0 aromatic heterocycles. The first-order chi connectivity index (χ1) is 13.5. The molecule has 1 aliphatic heterocycles. The van der Waals surface area contributed by atoms with Crippen LogP contribution in [0.25, 0.3) is 0 Å². The van der Waals surface area contributed by atoms with E-state index in [-0.39, 0.29) is 11.7 Å². The molecule has 0 bridgehead atoms. The van der Waals surface area contributed by atoms with Crippen LogP contribution in [0, 0.1) is 18.7 Å². The number of hydrogen-bond acceptors (Lipinski definition) is 3. The van der Waals surface area contributed by atoms with Crippen LogP contribution in [0.3, 0.4) is 0 Å². The standard InChI is InChI=1S/C23H29FN2O2/c1-17-6-8-20(9-7-17)16-26-12-10-19(11-13-26)15-25-23(27)18(2)28-22-5-3-4-21(24)14-22/h3-9,14,18-19H,10-13,15-16H2,1-2H3,(H,25,27). The largest absolute Gasteiger partial charge is 0.481 e. The number of rotatable bonds is 7. The van der Waals surface area contributed by atoms with E-state index >= 15 is 0 Å². The quantitative estimate of drug-likeness (QED) is 0.786. The number of amides is 1. The Morgan fingerprint density at radius 2 is 1.93 bits per heavy atom. The number of hydrogen-bond donors (Lipinski definition) is 1. The van der Waals surface area contributed by atoms with Gasteiger partial charge < -0.3 is 10.1 Å². The summed E-state index contributed by atoms with van der Waals surface area (Å²) in [5, 5.41) is 2.98. The highest BCUT2D eigenvalue weighted by molar-refractivity contribution is 5.80. The maximum atomic E-state index is 13.2. The summed E-state index contributed by atoms with van der Waals surface area (Å²) in [6, 6.07) is 14.6. The molecular formula is C23H29FN2O2. The highest BCUT2D eigenvalue weighted by atomic mass is 19.1. The van der Waals surface area contributed by atoms with Crippen molar-refractivity contribution in [3.05, 3.63) is 65.5 Å². The summed E-state index contributed by atoms with van der Waals surface area (Å²) in [6.07, 6.45) is 1.50. The van der Waals surface area contributed by atoms with Crippen molar-refractivity contribution in [3.8, 4) is 5.75 Å². The fourth-order valence-corrected chi connectivity index (χ4v) is 3.49. The van der Waals surface area contributed by atoms with Crippen LogP contribution in [0.4, 0.5) is 4.39 Å². The first-order valence-corrected chi connectivity index (χ1v) is 9.97. The second kappa shape index (κ2) is 9.69. The predicted octanol–water partition coefficient (Wildman–Crippen LogP) is 3.93. The molecule has 1 heterocycles. The van der Waals surface area contributed by atoms with Crippen molar-refractivity contribution in [3.63, 3.8) is 0 Å². The third-order valence-electron chi connectivity index (χ3n) is 5.28. The van der Waals surface area contributed by atoms with Gasteiger partial charge in [-0.2, -0.15) is 0 Å². The van der Waals surface area contributed by atoms with Gasteiger partial charge >= 0.3 is 0 Å². The van der Waals surface area contributed by atoms with Crippen LogP contribution in [0.5, 0.6) is 5.75 Å². The topological polar surface area (TPSA) is 41.6 Å². The number of likely N-dealkylation sites (tertiary alicyclic amines) is 1. The lowest BCUT2D eigenvalue weighted by Gasteiger charge is -2.32. The minimum absolute atomic E-state index is 0.161. The van der Waals surface area contributed by atoms with E-state index in [1.807, 2.05) is 0 Å². The molecule has 0 saturated carbocycles. The Balaban J connectivity index is 1.37. The van der Waals surface area contributed by atoms with Crippen LogP contribution in [0.1, 0.15) is 30.9 Å². The van der Waals surface area contributed by atoms with Gasteiger partial charge in [0.15, 0.2) is 6.10 Å².